The van der Waals surface area contributed by atoms with Crippen molar-refractivity contribution in [2.75, 3.05) is 11.5 Å². The standard InChI is InChI=1S/C11H15N3S.2ClH/c1-11(6-7-15-10(13)14-11)8-2-4-9(12)5-3-8;;/h2-5H,6-7,12H2,1H3,(H2,13,14);2*1H. The highest BCUT2D eigenvalue weighted by Crippen LogP contribution is 2.34. The molecule has 1 aromatic carbocycles. The second-order valence-corrected chi connectivity index (χ2v) is 5.06. The van der Waals surface area contributed by atoms with Gasteiger partial charge in [0.25, 0.3) is 0 Å². The summed E-state index contributed by atoms with van der Waals surface area (Å²) in [5.74, 6) is 1.02. The van der Waals surface area contributed by atoms with E-state index in [1.54, 1.807) is 11.8 Å². The van der Waals surface area contributed by atoms with Crippen LogP contribution in [0.5, 0.6) is 0 Å². The van der Waals surface area contributed by atoms with Crippen molar-refractivity contribution in [3.05, 3.63) is 29.8 Å². The first kappa shape index (κ1) is 16.4. The lowest BCUT2D eigenvalue weighted by Crippen LogP contribution is -2.28. The van der Waals surface area contributed by atoms with E-state index in [2.05, 4.69) is 11.9 Å². The SMILES string of the molecule is CC1(c2ccc(N)cc2)CCSC(N)=N1.Cl.Cl. The minimum Gasteiger partial charge on any atom is -0.399 e. The van der Waals surface area contributed by atoms with Crippen LogP contribution in [0.15, 0.2) is 29.3 Å². The summed E-state index contributed by atoms with van der Waals surface area (Å²) in [4.78, 5) is 4.53. The maximum atomic E-state index is 5.77. The number of aliphatic imine (C=N–C) groups is 1. The topological polar surface area (TPSA) is 64.4 Å². The number of nitrogen functional groups attached to an aromatic ring is 1. The number of thioether (sulfide) groups is 1. The molecule has 3 nitrogen and oxygen atoms in total. The summed E-state index contributed by atoms with van der Waals surface area (Å²) >= 11 is 1.62. The van der Waals surface area contributed by atoms with Crippen molar-refractivity contribution in [2.45, 2.75) is 18.9 Å². The first-order valence-electron chi connectivity index (χ1n) is 4.94. The summed E-state index contributed by atoms with van der Waals surface area (Å²) in [6.45, 7) is 2.12. The van der Waals surface area contributed by atoms with Crippen LogP contribution < -0.4 is 11.5 Å². The van der Waals surface area contributed by atoms with Crippen LogP contribution in [-0.2, 0) is 5.54 Å². The molecule has 0 spiro atoms. The molecule has 6 heteroatoms. The summed E-state index contributed by atoms with van der Waals surface area (Å²) in [7, 11) is 0. The third-order valence-corrected chi connectivity index (χ3v) is 3.52. The molecule has 1 atom stereocenters. The Labute approximate surface area is 118 Å². The molecule has 1 aliphatic rings. The second kappa shape index (κ2) is 6.38. The van der Waals surface area contributed by atoms with Crippen molar-refractivity contribution in [1.29, 1.82) is 0 Å². The number of benzene rings is 1. The van der Waals surface area contributed by atoms with Gasteiger partial charge in [-0.1, -0.05) is 23.9 Å². The van der Waals surface area contributed by atoms with E-state index in [0.29, 0.717) is 5.17 Å². The molecule has 0 saturated carbocycles. The molecular weight excluding hydrogens is 277 g/mol. The van der Waals surface area contributed by atoms with E-state index in [4.69, 9.17) is 11.5 Å². The van der Waals surface area contributed by atoms with E-state index in [0.717, 1.165) is 17.9 Å². The highest BCUT2D eigenvalue weighted by atomic mass is 35.5. The van der Waals surface area contributed by atoms with Gasteiger partial charge in [0.05, 0.1) is 5.54 Å². The summed E-state index contributed by atoms with van der Waals surface area (Å²) in [5, 5.41) is 0.681. The predicted molar refractivity (Wildman–Crippen MR) is 81.4 cm³/mol. The van der Waals surface area contributed by atoms with Crippen molar-refractivity contribution in [2.24, 2.45) is 10.7 Å². The molecule has 1 aliphatic heterocycles. The summed E-state index contributed by atoms with van der Waals surface area (Å²) in [6.07, 6.45) is 1.02. The Morgan fingerprint density at radius 1 is 1.18 bits per heavy atom. The molecule has 1 heterocycles. The molecule has 4 N–H and O–H groups in total. The van der Waals surface area contributed by atoms with Crippen LogP contribution in [0.2, 0.25) is 0 Å². The zero-order valence-corrected chi connectivity index (χ0v) is 12.0. The number of amidine groups is 1. The Morgan fingerprint density at radius 3 is 2.29 bits per heavy atom. The molecule has 0 aromatic heterocycles. The number of nitrogens with zero attached hydrogens (tertiary/aromatic N) is 1. The Kier molecular flexibility index (Phi) is 6.16. The van der Waals surface area contributed by atoms with E-state index in [-0.39, 0.29) is 30.4 Å². The van der Waals surface area contributed by atoms with Crippen molar-refractivity contribution in [3.8, 4) is 0 Å². The first-order chi connectivity index (χ1) is 7.10. The molecule has 0 amide bonds. The molecule has 0 saturated heterocycles. The van der Waals surface area contributed by atoms with E-state index in [1.165, 1.54) is 5.56 Å². The highest BCUT2D eigenvalue weighted by Gasteiger charge is 2.28. The van der Waals surface area contributed by atoms with Gasteiger partial charge >= 0.3 is 0 Å². The maximum absolute atomic E-state index is 5.77. The number of rotatable bonds is 1. The number of nitrogens with two attached hydrogens (primary N) is 2. The Morgan fingerprint density at radius 2 is 1.76 bits per heavy atom. The van der Waals surface area contributed by atoms with Crippen LogP contribution in [-0.4, -0.2) is 10.9 Å². The molecule has 96 valence electrons. The monoisotopic (exact) mass is 293 g/mol. The minimum atomic E-state index is -0.178. The molecule has 0 bridgehead atoms. The summed E-state index contributed by atoms with van der Waals surface area (Å²) in [5.41, 5.74) is 13.2. The molecule has 17 heavy (non-hydrogen) atoms. The molecule has 2 rings (SSSR count). The number of anilines is 1. The Bertz CT molecular complexity index is 394. The predicted octanol–water partition coefficient (Wildman–Crippen LogP) is 2.78. The Hall–Kier alpha value is -0.580. The van der Waals surface area contributed by atoms with E-state index in [1.807, 2.05) is 24.3 Å². The molecule has 1 unspecified atom stereocenters. The average molecular weight is 294 g/mol. The Balaban J connectivity index is 0.00000128. The molecular formula is C11H17Cl2N3S. The van der Waals surface area contributed by atoms with Crippen molar-refractivity contribution >= 4 is 47.4 Å². The third-order valence-electron chi connectivity index (χ3n) is 2.73. The molecule has 0 radical (unpaired) electrons. The van der Waals surface area contributed by atoms with Crippen LogP contribution in [0.3, 0.4) is 0 Å². The van der Waals surface area contributed by atoms with Crippen LogP contribution in [0.4, 0.5) is 5.69 Å². The fourth-order valence-corrected chi connectivity index (χ4v) is 2.71. The van der Waals surface area contributed by atoms with E-state index >= 15 is 0 Å². The molecule has 1 aromatic rings. The highest BCUT2D eigenvalue weighted by molar-refractivity contribution is 8.13. The van der Waals surface area contributed by atoms with Crippen LogP contribution >= 0.6 is 36.6 Å². The second-order valence-electron chi connectivity index (χ2n) is 3.94. The third kappa shape index (κ3) is 3.69. The fraction of sp³-hybridized carbons (Fsp3) is 0.364. The quantitative estimate of drug-likeness (QED) is 0.783. The van der Waals surface area contributed by atoms with Gasteiger partial charge in [0.2, 0.25) is 0 Å². The zero-order chi connectivity index (χ0) is 10.9. The maximum Gasteiger partial charge on any atom is 0.154 e. The van der Waals surface area contributed by atoms with Crippen LogP contribution in [0.25, 0.3) is 0 Å². The average Bonchev–Trinajstić information content (AvgIpc) is 2.18. The lowest BCUT2D eigenvalue weighted by Gasteiger charge is -2.29. The lowest BCUT2D eigenvalue weighted by molar-refractivity contribution is 0.482. The van der Waals surface area contributed by atoms with Crippen LogP contribution in [0.1, 0.15) is 18.9 Å². The smallest absolute Gasteiger partial charge is 0.154 e. The van der Waals surface area contributed by atoms with Crippen molar-refractivity contribution in [1.82, 2.24) is 0 Å². The largest absolute Gasteiger partial charge is 0.399 e. The minimum absolute atomic E-state index is 0. The van der Waals surface area contributed by atoms with Gasteiger partial charge in [-0.05, 0) is 31.0 Å². The van der Waals surface area contributed by atoms with E-state index < -0.39 is 0 Å². The molecule has 0 aliphatic carbocycles. The van der Waals surface area contributed by atoms with Crippen molar-refractivity contribution < 1.29 is 0 Å². The summed E-state index contributed by atoms with van der Waals surface area (Å²) < 4.78 is 0. The van der Waals surface area contributed by atoms with Crippen molar-refractivity contribution in [3.63, 3.8) is 0 Å². The van der Waals surface area contributed by atoms with Gasteiger partial charge in [0.15, 0.2) is 5.17 Å². The van der Waals surface area contributed by atoms with Gasteiger partial charge in [0.1, 0.15) is 0 Å². The zero-order valence-electron chi connectivity index (χ0n) is 9.55. The van der Waals surface area contributed by atoms with Crippen LogP contribution in [0, 0.1) is 0 Å². The van der Waals surface area contributed by atoms with Gasteiger partial charge in [-0.15, -0.1) is 24.8 Å². The summed E-state index contributed by atoms with van der Waals surface area (Å²) in [6, 6.07) is 7.88. The number of hydrogen-bond acceptors (Lipinski definition) is 4. The first-order valence-corrected chi connectivity index (χ1v) is 5.93. The van der Waals surface area contributed by atoms with E-state index in [9.17, 15) is 0 Å². The lowest BCUT2D eigenvalue weighted by atomic mass is 9.90. The van der Waals surface area contributed by atoms with Gasteiger partial charge < -0.3 is 11.5 Å². The molecule has 0 fully saturated rings. The van der Waals surface area contributed by atoms with Gasteiger partial charge in [0, 0.05) is 11.4 Å². The number of halogens is 2. The van der Waals surface area contributed by atoms with Gasteiger partial charge in [-0.3, -0.25) is 4.99 Å². The number of hydrogen-bond donors (Lipinski definition) is 2. The fourth-order valence-electron chi connectivity index (χ4n) is 1.74. The van der Waals surface area contributed by atoms with Gasteiger partial charge in [-0.2, -0.15) is 0 Å². The normalized spacial score (nSPS) is 23.0. The van der Waals surface area contributed by atoms with Gasteiger partial charge in [-0.25, -0.2) is 0 Å².